The van der Waals surface area contributed by atoms with Gasteiger partial charge in [-0.1, -0.05) is 6.07 Å². The summed E-state index contributed by atoms with van der Waals surface area (Å²) in [5.74, 6) is 2.56. The molecule has 0 spiro atoms. The third-order valence-corrected chi connectivity index (χ3v) is 5.52. The number of rotatable bonds is 7. The van der Waals surface area contributed by atoms with Gasteiger partial charge in [-0.25, -0.2) is 0 Å². The van der Waals surface area contributed by atoms with Crippen LogP contribution in [0.1, 0.15) is 0 Å². The molecule has 0 aliphatic rings. The van der Waals surface area contributed by atoms with E-state index in [9.17, 15) is 0 Å². The van der Waals surface area contributed by atoms with Crippen LogP contribution in [0.15, 0.2) is 58.8 Å². The molecule has 1 aromatic heterocycles. The Bertz CT molecular complexity index is 784. The van der Waals surface area contributed by atoms with Crippen molar-refractivity contribution in [3.63, 3.8) is 0 Å². The minimum atomic E-state index is -0.166. The van der Waals surface area contributed by atoms with E-state index in [2.05, 4.69) is 23.6 Å². The maximum absolute atomic E-state index is 5.14. The van der Waals surface area contributed by atoms with Crippen molar-refractivity contribution < 1.29 is 18.9 Å². The van der Waals surface area contributed by atoms with E-state index in [1.54, 1.807) is 51.5 Å². The van der Waals surface area contributed by atoms with Crippen LogP contribution in [0.5, 0.6) is 11.5 Å². The Kier molecular flexibility index (Phi) is 8.77. The molecule has 26 heavy (non-hydrogen) atoms. The molecule has 0 aliphatic heterocycles. The van der Waals surface area contributed by atoms with E-state index in [0.29, 0.717) is 0 Å². The topological polar surface area (TPSA) is 36.9 Å². The van der Waals surface area contributed by atoms with Crippen LogP contribution >= 0.6 is 23.1 Å². The monoisotopic (exact) mass is 392 g/mol. The number of ether oxygens (including phenoxy) is 4. The second-order valence-corrected chi connectivity index (χ2v) is 7.26. The van der Waals surface area contributed by atoms with Crippen molar-refractivity contribution in [1.82, 2.24) is 0 Å². The Morgan fingerprint density at radius 1 is 0.885 bits per heavy atom. The van der Waals surface area contributed by atoms with Gasteiger partial charge in [-0.05, 0) is 53.2 Å². The van der Waals surface area contributed by atoms with Crippen molar-refractivity contribution in [3.05, 3.63) is 53.9 Å². The van der Waals surface area contributed by atoms with Crippen LogP contribution in [0.2, 0.25) is 0 Å². The maximum atomic E-state index is 5.14. The molecule has 2 aromatic carbocycles. The molecule has 0 unspecified atom stereocenters. The largest absolute Gasteiger partial charge is 0.497 e. The summed E-state index contributed by atoms with van der Waals surface area (Å²) in [6.07, 6.45) is -0.166. The molecule has 0 amide bonds. The number of fused-ring (bicyclic) bond motifs is 1. The van der Waals surface area contributed by atoms with E-state index >= 15 is 0 Å². The highest BCUT2D eigenvalue weighted by Gasteiger charge is 2.06. The minimum Gasteiger partial charge on any atom is -0.497 e. The van der Waals surface area contributed by atoms with Crippen molar-refractivity contribution >= 4 is 33.2 Å². The SMILES string of the molecule is COc1ccc2ccsc2c1.COc1cccc(SCC(OC)OC)c1. The van der Waals surface area contributed by atoms with Gasteiger partial charge in [0.05, 0.1) is 14.2 Å². The third-order valence-electron chi connectivity index (χ3n) is 3.62. The van der Waals surface area contributed by atoms with Gasteiger partial charge < -0.3 is 18.9 Å². The lowest BCUT2D eigenvalue weighted by atomic mass is 10.2. The Labute approximate surface area is 163 Å². The first-order valence-corrected chi connectivity index (χ1v) is 9.90. The summed E-state index contributed by atoms with van der Waals surface area (Å²) in [7, 11) is 6.63. The molecular weight excluding hydrogens is 368 g/mol. The van der Waals surface area contributed by atoms with Crippen LogP contribution in [-0.4, -0.2) is 40.5 Å². The molecule has 140 valence electrons. The highest BCUT2D eigenvalue weighted by atomic mass is 32.2. The van der Waals surface area contributed by atoms with Gasteiger partial charge in [0.1, 0.15) is 11.5 Å². The summed E-state index contributed by atoms with van der Waals surface area (Å²) in [6.45, 7) is 0. The molecule has 0 N–H and O–H groups in total. The van der Waals surface area contributed by atoms with Crippen molar-refractivity contribution in [1.29, 1.82) is 0 Å². The van der Waals surface area contributed by atoms with E-state index in [4.69, 9.17) is 18.9 Å². The fraction of sp³-hybridized carbons (Fsp3) is 0.300. The Balaban J connectivity index is 0.000000195. The van der Waals surface area contributed by atoms with Crippen molar-refractivity contribution in [3.8, 4) is 11.5 Å². The van der Waals surface area contributed by atoms with Crippen molar-refractivity contribution in [2.24, 2.45) is 0 Å². The van der Waals surface area contributed by atoms with Crippen molar-refractivity contribution in [2.45, 2.75) is 11.2 Å². The molecule has 1 heterocycles. The van der Waals surface area contributed by atoms with Crippen LogP contribution < -0.4 is 9.47 Å². The molecule has 0 atom stereocenters. The van der Waals surface area contributed by atoms with Gasteiger partial charge in [-0.2, -0.15) is 0 Å². The molecule has 0 saturated heterocycles. The predicted octanol–water partition coefficient (Wildman–Crippen LogP) is 5.32. The summed E-state index contributed by atoms with van der Waals surface area (Å²) in [5, 5.41) is 3.38. The number of thiophene rings is 1. The van der Waals surface area contributed by atoms with Crippen LogP contribution in [0.25, 0.3) is 10.1 Å². The highest BCUT2D eigenvalue weighted by Crippen LogP contribution is 2.25. The van der Waals surface area contributed by atoms with E-state index in [1.165, 1.54) is 10.1 Å². The number of hydrogen-bond acceptors (Lipinski definition) is 6. The van der Waals surface area contributed by atoms with Gasteiger partial charge in [-0.3, -0.25) is 0 Å². The second-order valence-electron chi connectivity index (χ2n) is 5.22. The van der Waals surface area contributed by atoms with Crippen LogP contribution in [-0.2, 0) is 9.47 Å². The Hall–Kier alpha value is -1.73. The molecule has 0 radical (unpaired) electrons. The highest BCUT2D eigenvalue weighted by molar-refractivity contribution is 7.99. The number of benzene rings is 2. The molecule has 4 nitrogen and oxygen atoms in total. The summed E-state index contributed by atoms with van der Waals surface area (Å²) >= 11 is 3.41. The first kappa shape index (κ1) is 20.6. The maximum Gasteiger partial charge on any atom is 0.166 e. The zero-order valence-corrected chi connectivity index (χ0v) is 17.1. The van der Waals surface area contributed by atoms with Crippen LogP contribution in [0, 0.1) is 0 Å². The fourth-order valence-corrected chi connectivity index (χ4v) is 3.94. The third kappa shape index (κ3) is 6.21. The van der Waals surface area contributed by atoms with E-state index < -0.39 is 0 Å². The van der Waals surface area contributed by atoms with Gasteiger partial charge in [0.25, 0.3) is 0 Å². The first-order valence-electron chi connectivity index (χ1n) is 8.03. The first-order chi connectivity index (χ1) is 12.7. The Morgan fingerprint density at radius 3 is 2.31 bits per heavy atom. The molecule has 3 aromatic rings. The summed E-state index contributed by atoms with van der Waals surface area (Å²) in [4.78, 5) is 1.15. The van der Waals surface area contributed by atoms with E-state index in [1.807, 2.05) is 30.3 Å². The molecule has 0 bridgehead atoms. The second kappa shape index (κ2) is 11.1. The van der Waals surface area contributed by atoms with E-state index in [0.717, 1.165) is 22.1 Å². The Morgan fingerprint density at radius 2 is 1.62 bits per heavy atom. The molecule has 0 fully saturated rings. The minimum absolute atomic E-state index is 0.166. The fourth-order valence-electron chi connectivity index (χ4n) is 2.15. The number of methoxy groups -OCH3 is 4. The lowest BCUT2D eigenvalue weighted by molar-refractivity contribution is -0.0842. The molecular formula is C20H24O4S2. The van der Waals surface area contributed by atoms with Crippen LogP contribution in [0.4, 0.5) is 0 Å². The molecule has 6 heteroatoms. The lowest BCUT2D eigenvalue weighted by Crippen LogP contribution is -2.15. The predicted molar refractivity (Wildman–Crippen MR) is 110 cm³/mol. The lowest BCUT2D eigenvalue weighted by Gasteiger charge is -2.12. The molecule has 0 aliphatic carbocycles. The quantitative estimate of drug-likeness (QED) is 0.402. The molecule has 3 rings (SSSR count). The van der Waals surface area contributed by atoms with Gasteiger partial charge in [0, 0.05) is 29.6 Å². The van der Waals surface area contributed by atoms with Gasteiger partial charge >= 0.3 is 0 Å². The average Bonchev–Trinajstić information content (AvgIpc) is 3.17. The zero-order valence-electron chi connectivity index (χ0n) is 15.4. The molecule has 0 saturated carbocycles. The standard InChI is InChI=1S/C11H16O3S.C9H8OS/c1-12-9-5-4-6-10(7-9)15-8-11(13-2)14-3;1-10-8-3-2-7-4-5-11-9(7)6-8/h4-7,11H,8H2,1-3H3;2-6H,1H3. The van der Waals surface area contributed by atoms with Crippen LogP contribution in [0.3, 0.4) is 0 Å². The summed E-state index contributed by atoms with van der Waals surface area (Å²) < 4.78 is 21.7. The van der Waals surface area contributed by atoms with Gasteiger partial charge in [0.2, 0.25) is 0 Å². The number of hydrogen-bond donors (Lipinski definition) is 0. The summed E-state index contributed by atoms with van der Waals surface area (Å²) in [6, 6.07) is 16.1. The number of thioether (sulfide) groups is 1. The van der Waals surface area contributed by atoms with Gasteiger partial charge in [-0.15, -0.1) is 23.1 Å². The average molecular weight is 393 g/mol. The van der Waals surface area contributed by atoms with E-state index in [-0.39, 0.29) is 6.29 Å². The summed E-state index contributed by atoms with van der Waals surface area (Å²) in [5.41, 5.74) is 0. The van der Waals surface area contributed by atoms with Crippen molar-refractivity contribution in [2.75, 3.05) is 34.2 Å². The zero-order chi connectivity index (χ0) is 18.8. The van der Waals surface area contributed by atoms with Gasteiger partial charge in [0.15, 0.2) is 6.29 Å². The smallest absolute Gasteiger partial charge is 0.166 e. The normalized spacial score (nSPS) is 10.5.